The van der Waals surface area contributed by atoms with E-state index < -0.39 is 6.10 Å². The molecule has 6 nitrogen and oxygen atoms in total. The SMILES string of the molecule is CC(C)n1cncc1C(O)c1cnnn1-c1ccccc1. The normalized spacial score (nSPS) is 12.8. The van der Waals surface area contributed by atoms with Crippen LogP contribution in [0.25, 0.3) is 5.69 Å². The number of nitrogens with zero attached hydrogens (tertiary/aromatic N) is 5. The Morgan fingerprint density at radius 3 is 2.52 bits per heavy atom. The Labute approximate surface area is 122 Å². The fraction of sp³-hybridized carbons (Fsp3) is 0.267. The van der Waals surface area contributed by atoms with Crippen molar-refractivity contribution in [2.75, 3.05) is 0 Å². The van der Waals surface area contributed by atoms with Gasteiger partial charge in [-0.05, 0) is 26.0 Å². The first kappa shape index (κ1) is 13.5. The number of aromatic nitrogens is 5. The van der Waals surface area contributed by atoms with Crippen molar-refractivity contribution in [3.05, 3.63) is 60.4 Å². The number of benzene rings is 1. The molecule has 1 unspecified atom stereocenters. The van der Waals surface area contributed by atoms with Crippen molar-refractivity contribution in [2.24, 2.45) is 0 Å². The highest BCUT2D eigenvalue weighted by atomic mass is 16.3. The monoisotopic (exact) mass is 283 g/mol. The quantitative estimate of drug-likeness (QED) is 0.796. The molecular weight excluding hydrogens is 266 g/mol. The zero-order valence-electron chi connectivity index (χ0n) is 12.0. The summed E-state index contributed by atoms with van der Waals surface area (Å²) >= 11 is 0. The number of aliphatic hydroxyl groups is 1. The molecule has 0 amide bonds. The molecule has 21 heavy (non-hydrogen) atoms. The molecule has 2 heterocycles. The average molecular weight is 283 g/mol. The lowest BCUT2D eigenvalue weighted by Crippen LogP contribution is -2.13. The molecule has 1 N–H and O–H groups in total. The predicted molar refractivity (Wildman–Crippen MR) is 78.0 cm³/mol. The standard InChI is InChI=1S/C15H17N5O/c1-11(2)19-10-16-8-13(19)15(21)14-9-17-18-20(14)12-6-4-3-5-7-12/h3-11,15,21H,1-2H3. The second kappa shape index (κ2) is 5.49. The molecule has 0 aliphatic rings. The first-order valence-corrected chi connectivity index (χ1v) is 6.84. The fourth-order valence-corrected chi connectivity index (χ4v) is 2.31. The topological polar surface area (TPSA) is 68.8 Å². The van der Waals surface area contributed by atoms with Gasteiger partial charge >= 0.3 is 0 Å². The molecule has 0 aliphatic heterocycles. The second-order valence-electron chi connectivity index (χ2n) is 5.13. The second-order valence-corrected chi connectivity index (χ2v) is 5.13. The highest BCUT2D eigenvalue weighted by molar-refractivity contribution is 5.33. The molecule has 6 heteroatoms. The van der Waals surface area contributed by atoms with Crippen molar-refractivity contribution < 1.29 is 5.11 Å². The lowest BCUT2D eigenvalue weighted by molar-refractivity contribution is 0.200. The Balaban J connectivity index is 2.02. The van der Waals surface area contributed by atoms with Crippen molar-refractivity contribution in [2.45, 2.75) is 26.0 Å². The van der Waals surface area contributed by atoms with Gasteiger partial charge in [0.25, 0.3) is 0 Å². The number of rotatable bonds is 4. The molecule has 1 aromatic carbocycles. The van der Waals surface area contributed by atoms with Gasteiger partial charge in [-0.25, -0.2) is 9.67 Å². The Kier molecular flexibility index (Phi) is 3.53. The molecule has 108 valence electrons. The summed E-state index contributed by atoms with van der Waals surface area (Å²) in [5.74, 6) is 0. The lowest BCUT2D eigenvalue weighted by atomic mass is 10.2. The van der Waals surface area contributed by atoms with Crippen LogP contribution in [-0.2, 0) is 0 Å². The molecule has 1 atom stereocenters. The van der Waals surface area contributed by atoms with Crippen LogP contribution in [-0.4, -0.2) is 29.7 Å². The van der Waals surface area contributed by atoms with Crippen LogP contribution in [0.3, 0.4) is 0 Å². The van der Waals surface area contributed by atoms with Crippen molar-refractivity contribution in [1.29, 1.82) is 0 Å². The smallest absolute Gasteiger partial charge is 0.139 e. The summed E-state index contributed by atoms with van der Waals surface area (Å²) in [6.07, 6.45) is 4.15. The van der Waals surface area contributed by atoms with Gasteiger partial charge in [0.1, 0.15) is 6.10 Å². The minimum absolute atomic E-state index is 0.221. The molecular formula is C15H17N5O. The van der Waals surface area contributed by atoms with Gasteiger partial charge in [0.15, 0.2) is 0 Å². The Hall–Kier alpha value is -2.47. The number of aliphatic hydroxyl groups excluding tert-OH is 1. The highest BCUT2D eigenvalue weighted by Crippen LogP contribution is 2.24. The van der Waals surface area contributed by atoms with Crippen molar-refractivity contribution in [1.82, 2.24) is 24.5 Å². The van der Waals surface area contributed by atoms with Gasteiger partial charge in [-0.1, -0.05) is 23.4 Å². The summed E-state index contributed by atoms with van der Waals surface area (Å²) in [6, 6.07) is 9.84. The molecule has 0 saturated carbocycles. The first-order valence-electron chi connectivity index (χ1n) is 6.84. The van der Waals surface area contributed by atoms with Gasteiger partial charge in [0, 0.05) is 6.04 Å². The zero-order chi connectivity index (χ0) is 14.8. The minimum Gasteiger partial charge on any atom is -0.380 e. The van der Waals surface area contributed by atoms with Crippen LogP contribution in [0.4, 0.5) is 0 Å². The Morgan fingerprint density at radius 2 is 1.81 bits per heavy atom. The molecule has 3 rings (SSSR count). The van der Waals surface area contributed by atoms with Crippen molar-refractivity contribution in [3.63, 3.8) is 0 Å². The summed E-state index contributed by atoms with van der Waals surface area (Å²) < 4.78 is 3.58. The van der Waals surface area contributed by atoms with E-state index in [1.165, 1.54) is 0 Å². The Bertz CT molecular complexity index is 717. The van der Waals surface area contributed by atoms with E-state index in [4.69, 9.17) is 0 Å². The lowest BCUT2D eigenvalue weighted by Gasteiger charge is -2.17. The van der Waals surface area contributed by atoms with Crippen LogP contribution in [0.5, 0.6) is 0 Å². The van der Waals surface area contributed by atoms with Gasteiger partial charge in [0.2, 0.25) is 0 Å². The molecule has 0 radical (unpaired) electrons. The average Bonchev–Trinajstić information content (AvgIpc) is 3.16. The van der Waals surface area contributed by atoms with Crippen LogP contribution < -0.4 is 0 Å². The van der Waals surface area contributed by atoms with Crippen molar-refractivity contribution in [3.8, 4) is 5.69 Å². The largest absolute Gasteiger partial charge is 0.380 e. The third kappa shape index (κ3) is 2.45. The van der Waals surface area contributed by atoms with Crippen LogP contribution in [0.2, 0.25) is 0 Å². The van der Waals surface area contributed by atoms with Crippen LogP contribution in [0.15, 0.2) is 49.1 Å². The van der Waals surface area contributed by atoms with Gasteiger partial charge in [-0.3, -0.25) is 0 Å². The molecule has 0 spiro atoms. The van der Waals surface area contributed by atoms with E-state index in [1.54, 1.807) is 23.4 Å². The molecule has 0 bridgehead atoms. The molecule has 0 saturated heterocycles. The van der Waals surface area contributed by atoms with Gasteiger partial charge in [-0.15, -0.1) is 5.10 Å². The number of hydrogen-bond donors (Lipinski definition) is 1. The summed E-state index contributed by atoms with van der Waals surface area (Å²) in [5.41, 5.74) is 2.20. The molecule has 0 aliphatic carbocycles. The van der Waals surface area contributed by atoms with E-state index in [9.17, 15) is 5.11 Å². The van der Waals surface area contributed by atoms with E-state index in [0.717, 1.165) is 11.4 Å². The highest BCUT2D eigenvalue weighted by Gasteiger charge is 2.21. The predicted octanol–water partition coefficient (Wildman–Crippen LogP) is 2.13. The molecule has 3 aromatic rings. The van der Waals surface area contributed by atoms with Gasteiger partial charge < -0.3 is 9.67 Å². The maximum atomic E-state index is 10.7. The van der Waals surface area contributed by atoms with Gasteiger partial charge in [-0.2, -0.15) is 0 Å². The number of imidazole rings is 1. The summed E-state index contributed by atoms with van der Waals surface area (Å²) in [4.78, 5) is 4.13. The molecule has 0 fully saturated rings. The third-order valence-corrected chi connectivity index (χ3v) is 3.39. The van der Waals surface area contributed by atoms with Crippen molar-refractivity contribution >= 4 is 0 Å². The maximum absolute atomic E-state index is 10.7. The number of hydrogen-bond acceptors (Lipinski definition) is 4. The van der Waals surface area contributed by atoms with E-state index in [-0.39, 0.29) is 6.04 Å². The maximum Gasteiger partial charge on any atom is 0.139 e. The van der Waals surface area contributed by atoms with Crippen LogP contribution in [0, 0.1) is 0 Å². The summed E-state index contributed by atoms with van der Waals surface area (Å²) in [7, 11) is 0. The van der Waals surface area contributed by atoms with Crippen LogP contribution in [0.1, 0.15) is 37.4 Å². The summed E-state index contributed by atoms with van der Waals surface area (Å²) in [5, 5.41) is 18.7. The van der Waals surface area contributed by atoms with Gasteiger partial charge in [0.05, 0.1) is 35.8 Å². The van der Waals surface area contributed by atoms with E-state index in [0.29, 0.717) is 5.69 Å². The summed E-state index contributed by atoms with van der Waals surface area (Å²) in [6.45, 7) is 4.09. The number of para-hydroxylation sites is 1. The van der Waals surface area contributed by atoms with E-state index >= 15 is 0 Å². The van der Waals surface area contributed by atoms with Crippen LogP contribution >= 0.6 is 0 Å². The minimum atomic E-state index is -0.829. The van der Waals surface area contributed by atoms with E-state index in [2.05, 4.69) is 15.3 Å². The third-order valence-electron chi connectivity index (χ3n) is 3.39. The zero-order valence-corrected chi connectivity index (χ0v) is 12.0. The molecule has 2 aromatic heterocycles. The first-order chi connectivity index (χ1) is 10.2. The Morgan fingerprint density at radius 1 is 1.05 bits per heavy atom. The fourth-order valence-electron chi connectivity index (χ4n) is 2.31. The van der Waals surface area contributed by atoms with E-state index in [1.807, 2.05) is 48.7 Å².